The number of carbonyl (C=O) groups is 1. The highest BCUT2D eigenvalue weighted by Crippen LogP contribution is 2.24. The highest BCUT2D eigenvalue weighted by Gasteiger charge is 2.28. The molecule has 1 unspecified atom stereocenters. The van der Waals surface area contributed by atoms with Crippen LogP contribution in [-0.4, -0.2) is 69.5 Å². The molecule has 0 aromatic heterocycles. The Kier molecular flexibility index (Phi) is 5.87. The SMILES string of the molecule is Cc1cccc(N2CCN(C(=O)CCNC3CCS(=O)(=O)C3)CC2)c1C. The van der Waals surface area contributed by atoms with Crippen molar-refractivity contribution in [2.24, 2.45) is 0 Å². The Morgan fingerprint density at radius 3 is 2.58 bits per heavy atom. The molecular weight excluding hydrogens is 350 g/mol. The van der Waals surface area contributed by atoms with Gasteiger partial charge in [0.2, 0.25) is 5.91 Å². The number of nitrogens with zero attached hydrogens (tertiary/aromatic N) is 2. The molecule has 26 heavy (non-hydrogen) atoms. The van der Waals surface area contributed by atoms with E-state index in [2.05, 4.69) is 42.3 Å². The maximum absolute atomic E-state index is 12.4. The van der Waals surface area contributed by atoms with Crippen LogP contribution in [0, 0.1) is 13.8 Å². The zero-order chi connectivity index (χ0) is 18.7. The van der Waals surface area contributed by atoms with Crippen molar-refractivity contribution in [1.82, 2.24) is 10.2 Å². The quantitative estimate of drug-likeness (QED) is 0.830. The van der Waals surface area contributed by atoms with Crippen LogP contribution in [-0.2, 0) is 14.6 Å². The molecule has 1 atom stereocenters. The second-order valence-corrected chi connectivity index (χ2v) is 9.62. The second-order valence-electron chi connectivity index (χ2n) is 7.39. The summed E-state index contributed by atoms with van der Waals surface area (Å²) in [5.74, 6) is 0.619. The minimum Gasteiger partial charge on any atom is -0.368 e. The fourth-order valence-electron chi connectivity index (χ4n) is 3.77. The summed E-state index contributed by atoms with van der Waals surface area (Å²) in [5.41, 5.74) is 3.87. The number of hydrogen-bond acceptors (Lipinski definition) is 5. The Morgan fingerprint density at radius 1 is 1.19 bits per heavy atom. The molecule has 2 saturated heterocycles. The first-order valence-corrected chi connectivity index (χ1v) is 11.2. The lowest BCUT2D eigenvalue weighted by Crippen LogP contribution is -2.49. The highest BCUT2D eigenvalue weighted by atomic mass is 32.2. The second kappa shape index (κ2) is 7.96. The van der Waals surface area contributed by atoms with Crippen LogP contribution in [0.3, 0.4) is 0 Å². The largest absolute Gasteiger partial charge is 0.368 e. The van der Waals surface area contributed by atoms with E-state index in [0.29, 0.717) is 19.4 Å². The maximum Gasteiger partial charge on any atom is 0.223 e. The number of piperazine rings is 1. The Bertz CT molecular complexity index is 755. The fraction of sp³-hybridized carbons (Fsp3) is 0.632. The van der Waals surface area contributed by atoms with Crippen molar-refractivity contribution in [2.75, 3.05) is 49.1 Å². The molecule has 6 nitrogen and oxygen atoms in total. The van der Waals surface area contributed by atoms with E-state index in [1.807, 2.05) is 4.90 Å². The molecule has 0 bridgehead atoms. The Balaban J connectivity index is 1.43. The van der Waals surface area contributed by atoms with Crippen LogP contribution >= 0.6 is 0 Å². The lowest BCUT2D eigenvalue weighted by molar-refractivity contribution is -0.131. The van der Waals surface area contributed by atoms with Crippen LogP contribution in [0.2, 0.25) is 0 Å². The van der Waals surface area contributed by atoms with E-state index in [1.165, 1.54) is 16.8 Å². The molecule has 1 amide bonds. The van der Waals surface area contributed by atoms with Gasteiger partial charge in [0.05, 0.1) is 11.5 Å². The van der Waals surface area contributed by atoms with Crippen LogP contribution in [0.15, 0.2) is 18.2 Å². The van der Waals surface area contributed by atoms with E-state index in [0.717, 1.165) is 26.2 Å². The Labute approximate surface area is 156 Å². The molecule has 2 aliphatic heterocycles. The van der Waals surface area contributed by atoms with E-state index in [9.17, 15) is 13.2 Å². The van der Waals surface area contributed by atoms with Gasteiger partial charge in [-0.2, -0.15) is 0 Å². The van der Waals surface area contributed by atoms with Crippen molar-refractivity contribution in [3.8, 4) is 0 Å². The molecule has 0 radical (unpaired) electrons. The molecule has 3 rings (SSSR count). The van der Waals surface area contributed by atoms with E-state index in [4.69, 9.17) is 0 Å². The number of anilines is 1. The van der Waals surface area contributed by atoms with Crippen LogP contribution in [0.5, 0.6) is 0 Å². The van der Waals surface area contributed by atoms with Gasteiger partial charge in [0.15, 0.2) is 9.84 Å². The van der Waals surface area contributed by atoms with Gasteiger partial charge in [0.25, 0.3) is 0 Å². The molecule has 1 aromatic rings. The first kappa shape index (κ1) is 19.2. The summed E-state index contributed by atoms with van der Waals surface area (Å²) in [5, 5.41) is 3.22. The zero-order valence-electron chi connectivity index (χ0n) is 15.7. The third-order valence-corrected chi connectivity index (χ3v) is 7.32. The van der Waals surface area contributed by atoms with Gasteiger partial charge in [0, 0.05) is 50.9 Å². The number of hydrogen-bond donors (Lipinski definition) is 1. The number of carbonyl (C=O) groups excluding carboxylic acids is 1. The van der Waals surface area contributed by atoms with Crippen molar-refractivity contribution in [3.05, 3.63) is 29.3 Å². The highest BCUT2D eigenvalue weighted by molar-refractivity contribution is 7.91. The molecule has 0 saturated carbocycles. The first-order valence-electron chi connectivity index (χ1n) is 9.38. The lowest BCUT2D eigenvalue weighted by atomic mass is 10.1. The van der Waals surface area contributed by atoms with Crippen molar-refractivity contribution >= 4 is 21.4 Å². The van der Waals surface area contributed by atoms with Gasteiger partial charge < -0.3 is 15.1 Å². The van der Waals surface area contributed by atoms with Crippen LogP contribution in [0.1, 0.15) is 24.0 Å². The van der Waals surface area contributed by atoms with Crippen molar-refractivity contribution < 1.29 is 13.2 Å². The molecule has 2 fully saturated rings. The Morgan fingerprint density at radius 2 is 1.92 bits per heavy atom. The molecular formula is C19H29N3O3S. The average molecular weight is 380 g/mol. The summed E-state index contributed by atoms with van der Waals surface area (Å²) >= 11 is 0. The number of amides is 1. The van der Waals surface area contributed by atoms with Gasteiger partial charge in [0.1, 0.15) is 0 Å². The first-order chi connectivity index (χ1) is 12.4. The fourth-order valence-corrected chi connectivity index (χ4v) is 5.48. The molecule has 1 aromatic carbocycles. The number of benzene rings is 1. The summed E-state index contributed by atoms with van der Waals surface area (Å²) in [6.07, 6.45) is 1.09. The minimum absolute atomic E-state index is 0.00828. The number of rotatable bonds is 5. The van der Waals surface area contributed by atoms with Crippen LogP contribution in [0.4, 0.5) is 5.69 Å². The van der Waals surface area contributed by atoms with Gasteiger partial charge in [-0.1, -0.05) is 12.1 Å². The molecule has 2 heterocycles. The summed E-state index contributed by atoms with van der Waals surface area (Å²) in [6.45, 7) is 8.01. The molecule has 0 spiro atoms. The minimum atomic E-state index is -2.87. The average Bonchev–Trinajstić information content (AvgIpc) is 2.96. The summed E-state index contributed by atoms with van der Waals surface area (Å²) < 4.78 is 22.9. The van der Waals surface area contributed by atoms with Gasteiger partial charge in [-0.25, -0.2) is 8.42 Å². The standard InChI is InChI=1S/C19H29N3O3S/c1-15-4-3-5-18(16(15)2)21-9-11-22(12-10-21)19(23)6-8-20-17-7-13-26(24,25)14-17/h3-5,17,20H,6-14H2,1-2H3. The normalized spacial score (nSPS) is 22.6. The predicted molar refractivity (Wildman–Crippen MR) is 104 cm³/mol. The van der Waals surface area contributed by atoms with Gasteiger partial charge in [-0.3, -0.25) is 4.79 Å². The maximum atomic E-state index is 12.4. The molecule has 7 heteroatoms. The zero-order valence-corrected chi connectivity index (χ0v) is 16.5. The molecule has 0 aliphatic carbocycles. The van der Waals surface area contributed by atoms with Gasteiger partial charge in [-0.15, -0.1) is 0 Å². The molecule has 1 N–H and O–H groups in total. The molecule has 144 valence electrons. The summed E-state index contributed by atoms with van der Waals surface area (Å²) in [6, 6.07) is 6.37. The summed E-state index contributed by atoms with van der Waals surface area (Å²) in [4.78, 5) is 16.7. The number of aryl methyl sites for hydroxylation is 1. The van der Waals surface area contributed by atoms with Crippen LogP contribution < -0.4 is 10.2 Å². The lowest BCUT2D eigenvalue weighted by Gasteiger charge is -2.37. The van der Waals surface area contributed by atoms with Crippen molar-refractivity contribution in [1.29, 1.82) is 0 Å². The number of nitrogens with one attached hydrogen (secondary N) is 1. The predicted octanol–water partition coefficient (Wildman–Crippen LogP) is 1.12. The van der Waals surface area contributed by atoms with E-state index in [-0.39, 0.29) is 23.5 Å². The van der Waals surface area contributed by atoms with Gasteiger partial charge >= 0.3 is 0 Å². The number of sulfone groups is 1. The third-order valence-electron chi connectivity index (χ3n) is 5.55. The van der Waals surface area contributed by atoms with Gasteiger partial charge in [-0.05, 0) is 37.5 Å². The third kappa shape index (κ3) is 4.57. The topological polar surface area (TPSA) is 69.7 Å². The molecule has 2 aliphatic rings. The van der Waals surface area contributed by atoms with E-state index >= 15 is 0 Å². The van der Waals surface area contributed by atoms with Crippen LogP contribution in [0.25, 0.3) is 0 Å². The van der Waals surface area contributed by atoms with E-state index in [1.54, 1.807) is 0 Å². The summed E-state index contributed by atoms with van der Waals surface area (Å²) in [7, 11) is -2.87. The van der Waals surface area contributed by atoms with Crippen molar-refractivity contribution in [2.45, 2.75) is 32.7 Å². The van der Waals surface area contributed by atoms with Crippen molar-refractivity contribution in [3.63, 3.8) is 0 Å². The Hall–Kier alpha value is -1.60. The van der Waals surface area contributed by atoms with E-state index < -0.39 is 9.84 Å². The monoisotopic (exact) mass is 379 g/mol. The smallest absolute Gasteiger partial charge is 0.223 e.